The zero-order valence-corrected chi connectivity index (χ0v) is 11.7. The molecular weight excluding hydrogens is 282 g/mol. The smallest absolute Gasteiger partial charge is 0.176 e. The van der Waals surface area contributed by atoms with Crippen molar-refractivity contribution in [2.75, 3.05) is 6.54 Å². The maximum absolute atomic E-state index is 9.98. The summed E-state index contributed by atoms with van der Waals surface area (Å²) in [5.41, 5.74) is 16.9. The van der Waals surface area contributed by atoms with E-state index in [9.17, 15) is 20.4 Å². The van der Waals surface area contributed by atoms with Crippen molar-refractivity contribution in [1.82, 2.24) is 0 Å². The Bertz CT molecular complexity index is 347. The molecule has 0 aromatic carbocycles. The zero-order valence-electron chi connectivity index (χ0n) is 11.7. The quantitative estimate of drug-likeness (QED) is 0.273. The predicted octanol–water partition coefficient (Wildman–Crippen LogP) is -4.05. The van der Waals surface area contributed by atoms with Crippen LogP contribution in [0.2, 0.25) is 0 Å². The Hall–Kier alpha value is -0.360. The second-order valence-electron chi connectivity index (χ2n) is 5.73. The van der Waals surface area contributed by atoms with Crippen LogP contribution in [0.5, 0.6) is 0 Å². The van der Waals surface area contributed by atoms with Crippen LogP contribution in [0.25, 0.3) is 0 Å². The summed E-state index contributed by atoms with van der Waals surface area (Å²) in [6.07, 6.45) is -6.33. The van der Waals surface area contributed by atoms with E-state index < -0.39 is 55.0 Å². The van der Waals surface area contributed by atoms with E-state index in [0.29, 0.717) is 12.8 Å². The molecule has 2 aliphatic rings. The highest BCUT2D eigenvalue weighted by molar-refractivity contribution is 4.95. The molecule has 9 heteroatoms. The molecule has 0 spiro atoms. The van der Waals surface area contributed by atoms with Crippen LogP contribution in [0.15, 0.2) is 0 Å². The van der Waals surface area contributed by atoms with Crippen LogP contribution in [0.1, 0.15) is 12.8 Å². The Balaban J connectivity index is 2.01. The fourth-order valence-corrected chi connectivity index (χ4v) is 2.76. The van der Waals surface area contributed by atoms with Gasteiger partial charge in [-0.3, -0.25) is 0 Å². The minimum absolute atomic E-state index is 0.00841. The highest BCUT2D eigenvalue weighted by atomic mass is 16.7. The van der Waals surface area contributed by atoms with E-state index in [0.717, 1.165) is 0 Å². The molecule has 0 unspecified atom stereocenters. The molecule has 1 aliphatic heterocycles. The number of rotatable bonds is 3. The van der Waals surface area contributed by atoms with E-state index >= 15 is 0 Å². The van der Waals surface area contributed by atoms with Crippen molar-refractivity contribution >= 4 is 0 Å². The second-order valence-corrected chi connectivity index (χ2v) is 5.73. The fourth-order valence-electron chi connectivity index (χ4n) is 2.76. The van der Waals surface area contributed by atoms with Crippen LogP contribution in [-0.4, -0.2) is 82.0 Å². The van der Waals surface area contributed by atoms with E-state index in [4.69, 9.17) is 26.7 Å². The van der Waals surface area contributed by atoms with Crippen molar-refractivity contribution in [3.63, 3.8) is 0 Å². The molecule has 9 atom stereocenters. The van der Waals surface area contributed by atoms with Gasteiger partial charge in [0.25, 0.3) is 0 Å². The molecule has 0 amide bonds. The Morgan fingerprint density at radius 3 is 2.24 bits per heavy atom. The van der Waals surface area contributed by atoms with Crippen molar-refractivity contribution in [2.45, 2.75) is 67.8 Å². The van der Waals surface area contributed by atoms with Gasteiger partial charge in [0, 0.05) is 12.6 Å². The second kappa shape index (κ2) is 6.82. The lowest BCUT2D eigenvalue weighted by Gasteiger charge is -2.44. The topological polar surface area (TPSA) is 177 Å². The average molecular weight is 307 g/mol. The zero-order chi connectivity index (χ0) is 15.7. The van der Waals surface area contributed by atoms with E-state index in [1.54, 1.807) is 0 Å². The maximum atomic E-state index is 9.98. The molecule has 9 nitrogen and oxygen atoms in total. The van der Waals surface area contributed by atoms with Gasteiger partial charge >= 0.3 is 0 Å². The van der Waals surface area contributed by atoms with Gasteiger partial charge in [-0.15, -0.1) is 0 Å². The Morgan fingerprint density at radius 1 is 0.952 bits per heavy atom. The van der Waals surface area contributed by atoms with E-state index in [1.165, 1.54) is 0 Å². The number of aliphatic hydroxyl groups excluding tert-OH is 4. The van der Waals surface area contributed by atoms with Gasteiger partial charge in [0.2, 0.25) is 0 Å². The first kappa shape index (κ1) is 17.0. The average Bonchev–Trinajstić information content (AvgIpc) is 2.48. The third-order valence-corrected chi connectivity index (χ3v) is 4.24. The summed E-state index contributed by atoms with van der Waals surface area (Å²) in [6.45, 7) is -0.00841. The van der Waals surface area contributed by atoms with Crippen LogP contribution in [0, 0.1) is 0 Å². The summed E-state index contributed by atoms with van der Waals surface area (Å²) in [7, 11) is 0. The molecule has 2 rings (SSSR count). The summed E-state index contributed by atoms with van der Waals surface area (Å²) in [4.78, 5) is 0. The standard InChI is InChI=1S/C12H25N3O6/c13-3-6-10(18)11(19)7(15)12(21-6)20-5-2-1-4(14)8(16)9(5)17/h4-12,16-19H,1-3,13-15H2/t4-,5-,6+,7+,8+,9+,10+,11+,12-/m1/s1. The molecule has 10 N–H and O–H groups in total. The number of hydrogen-bond donors (Lipinski definition) is 7. The van der Waals surface area contributed by atoms with Crippen molar-refractivity contribution in [1.29, 1.82) is 0 Å². The van der Waals surface area contributed by atoms with Gasteiger partial charge in [-0.25, -0.2) is 0 Å². The normalized spacial score (nSPS) is 51.9. The molecule has 1 heterocycles. The van der Waals surface area contributed by atoms with Gasteiger partial charge in [0.15, 0.2) is 6.29 Å². The monoisotopic (exact) mass is 307 g/mol. The number of ether oxygens (including phenoxy) is 2. The van der Waals surface area contributed by atoms with Crippen LogP contribution < -0.4 is 17.2 Å². The lowest BCUT2D eigenvalue weighted by Crippen LogP contribution is -2.64. The minimum Gasteiger partial charge on any atom is -0.389 e. The van der Waals surface area contributed by atoms with Crippen LogP contribution in [-0.2, 0) is 9.47 Å². The molecule has 2 fully saturated rings. The van der Waals surface area contributed by atoms with Crippen molar-refractivity contribution < 1.29 is 29.9 Å². The summed E-state index contributed by atoms with van der Waals surface area (Å²) in [6, 6.07) is -1.49. The Kier molecular flexibility index (Phi) is 5.52. The molecule has 0 aromatic heterocycles. The number of aliphatic hydroxyl groups is 4. The van der Waals surface area contributed by atoms with Gasteiger partial charge in [0.05, 0.1) is 18.2 Å². The summed E-state index contributed by atoms with van der Waals surface area (Å²) in [5.74, 6) is 0. The maximum Gasteiger partial charge on any atom is 0.176 e. The largest absolute Gasteiger partial charge is 0.389 e. The third-order valence-electron chi connectivity index (χ3n) is 4.24. The third kappa shape index (κ3) is 3.36. The molecule has 21 heavy (non-hydrogen) atoms. The molecule has 0 radical (unpaired) electrons. The summed E-state index contributed by atoms with van der Waals surface area (Å²) < 4.78 is 11.0. The summed E-state index contributed by atoms with van der Waals surface area (Å²) in [5, 5.41) is 39.4. The van der Waals surface area contributed by atoms with Crippen molar-refractivity contribution in [2.24, 2.45) is 17.2 Å². The first-order valence-electron chi connectivity index (χ1n) is 7.11. The minimum atomic E-state index is -1.25. The highest BCUT2D eigenvalue weighted by Gasteiger charge is 2.45. The molecular formula is C12H25N3O6. The Morgan fingerprint density at radius 2 is 1.62 bits per heavy atom. The SMILES string of the molecule is NC[C@@H]1O[C@@H](O[C@@H]2CC[C@@H](N)[C@H](O)[C@H]2O)[C@@H](N)[C@H](O)[C@H]1O. The van der Waals surface area contributed by atoms with Gasteiger partial charge in [-0.2, -0.15) is 0 Å². The van der Waals surface area contributed by atoms with Crippen molar-refractivity contribution in [3.8, 4) is 0 Å². The van der Waals surface area contributed by atoms with Gasteiger partial charge < -0.3 is 47.1 Å². The fraction of sp³-hybridized carbons (Fsp3) is 1.00. The van der Waals surface area contributed by atoms with Crippen LogP contribution >= 0.6 is 0 Å². The number of hydrogen-bond acceptors (Lipinski definition) is 9. The highest BCUT2D eigenvalue weighted by Crippen LogP contribution is 2.27. The molecule has 0 aromatic rings. The Labute approximate surface area is 122 Å². The van der Waals surface area contributed by atoms with Crippen LogP contribution in [0.4, 0.5) is 0 Å². The van der Waals surface area contributed by atoms with Crippen molar-refractivity contribution in [3.05, 3.63) is 0 Å². The van der Waals surface area contributed by atoms with E-state index in [2.05, 4.69) is 0 Å². The molecule has 124 valence electrons. The first-order chi connectivity index (χ1) is 9.86. The first-order valence-corrected chi connectivity index (χ1v) is 7.11. The van der Waals surface area contributed by atoms with E-state index in [-0.39, 0.29) is 6.54 Å². The summed E-state index contributed by atoms with van der Waals surface area (Å²) >= 11 is 0. The lowest BCUT2D eigenvalue weighted by molar-refractivity contribution is -0.285. The van der Waals surface area contributed by atoms with E-state index in [1.807, 2.05) is 0 Å². The van der Waals surface area contributed by atoms with Crippen LogP contribution in [0.3, 0.4) is 0 Å². The lowest BCUT2D eigenvalue weighted by atomic mass is 9.88. The predicted molar refractivity (Wildman–Crippen MR) is 71.8 cm³/mol. The van der Waals surface area contributed by atoms with Gasteiger partial charge in [-0.1, -0.05) is 0 Å². The molecule has 0 bridgehead atoms. The number of nitrogens with two attached hydrogens (primary N) is 3. The molecule has 1 saturated heterocycles. The molecule has 1 aliphatic carbocycles. The molecule has 1 saturated carbocycles. The van der Waals surface area contributed by atoms with Gasteiger partial charge in [0.1, 0.15) is 24.4 Å². The van der Waals surface area contributed by atoms with Gasteiger partial charge in [-0.05, 0) is 12.8 Å².